The Morgan fingerprint density at radius 1 is 1.57 bits per heavy atom. The highest BCUT2D eigenvalue weighted by molar-refractivity contribution is 9.10. The lowest BCUT2D eigenvalue weighted by Gasteiger charge is -2.07. The molecule has 0 saturated carbocycles. The van der Waals surface area contributed by atoms with Gasteiger partial charge < -0.3 is 5.32 Å². The van der Waals surface area contributed by atoms with E-state index in [0.29, 0.717) is 17.8 Å². The van der Waals surface area contributed by atoms with Crippen molar-refractivity contribution >= 4 is 27.3 Å². The van der Waals surface area contributed by atoms with Crippen molar-refractivity contribution in [3.8, 4) is 0 Å². The lowest BCUT2D eigenvalue weighted by molar-refractivity contribution is -0.384. The van der Waals surface area contributed by atoms with Crippen LogP contribution < -0.4 is 5.32 Å². The Kier molecular flexibility index (Phi) is 3.46. The second kappa shape index (κ2) is 4.41. The molecule has 0 saturated heterocycles. The van der Waals surface area contributed by atoms with E-state index in [9.17, 15) is 10.1 Å². The van der Waals surface area contributed by atoms with Gasteiger partial charge in [-0.2, -0.15) is 0 Å². The second-order valence-corrected chi connectivity index (χ2v) is 3.82. The molecule has 0 aromatic heterocycles. The van der Waals surface area contributed by atoms with Crippen LogP contribution in [-0.4, -0.2) is 11.5 Å². The fraction of sp³-hybridized carbons (Fsp3) is 0.333. The lowest BCUT2D eigenvalue weighted by atomic mass is 10.1. The molecule has 14 heavy (non-hydrogen) atoms. The van der Waals surface area contributed by atoms with Gasteiger partial charge in [-0.3, -0.25) is 10.1 Å². The second-order valence-electron chi connectivity index (χ2n) is 2.91. The monoisotopic (exact) mass is 258 g/mol. The van der Waals surface area contributed by atoms with Crippen molar-refractivity contribution in [2.24, 2.45) is 0 Å². The summed E-state index contributed by atoms with van der Waals surface area (Å²) in [6, 6.07) is 3.45. The maximum Gasteiger partial charge on any atom is 0.295 e. The molecule has 0 bridgehead atoms. The molecule has 0 amide bonds. The molecule has 1 rings (SSSR count). The van der Waals surface area contributed by atoms with Crippen molar-refractivity contribution < 1.29 is 4.92 Å². The number of benzene rings is 1. The quantitative estimate of drug-likeness (QED) is 0.670. The molecule has 1 aromatic rings. The number of nitrogens with zero attached hydrogens (tertiary/aromatic N) is 1. The molecule has 0 radical (unpaired) electrons. The van der Waals surface area contributed by atoms with Crippen LogP contribution in [0.2, 0.25) is 0 Å². The Hall–Kier alpha value is -1.10. The van der Waals surface area contributed by atoms with Crippen LogP contribution in [0.5, 0.6) is 0 Å². The molecule has 0 spiro atoms. The van der Waals surface area contributed by atoms with E-state index in [-0.39, 0.29) is 10.6 Å². The Morgan fingerprint density at radius 2 is 2.21 bits per heavy atom. The molecule has 0 aliphatic rings. The summed E-state index contributed by atoms with van der Waals surface area (Å²) >= 11 is 3.30. The standard InChI is InChI=1S/C9H11BrN2O2/c1-3-11-8-5-7(10)4-6(2)9(8)12(13)14/h4-5,11H,3H2,1-2H3. The average Bonchev–Trinajstić information content (AvgIpc) is 2.01. The summed E-state index contributed by atoms with van der Waals surface area (Å²) in [5.41, 5.74) is 1.36. The van der Waals surface area contributed by atoms with Crippen LogP contribution in [-0.2, 0) is 0 Å². The zero-order valence-corrected chi connectivity index (χ0v) is 9.59. The van der Waals surface area contributed by atoms with Gasteiger partial charge in [-0.25, -0.2) is 0 Å². The lowest BCUT2D eigenvalue weighted by Crippen LogP contribution is -2.02. The summed E-state index contributed by atoms with van der Waals surface area (Å²) in [5.74, 6) is 0. The number of hydrogen-bond donors (Lipinski definition) is 1. The van der Waals surface area contributed by atoms with Crippen molar-refractivity contribution in [2.45, 2.75) is 13.8 Å². The predicted molar refractivity (Wildman–Crippen MR) is 59.7 cm³/mol. The highest BCUT2D eigenvalue weighted by Gasteiger charge is 2.17. The molecule has 1 N–H and O–H groups in total. The van der Waals surface area contributed by atoms with Gasteiger partial charge in [-0.1, -0.05) is 15.9 Å². The molecule has 5 heteroatoms. The zero-order chi connectivity index (χ0) is 10.7. The fourth-order valence-electron chi connectivity index (χ4n) is 1.30. The van der Waals surface area contributed by atoms with Crippen LogP contribution in [0.25, 0.3) is 0 Å². The van der Waals surface area contributed by atoms with E-state index in [1.54, 1.807) is 19.1 Å². The Bertz CT molecular complexity index is 366. The molecule has 0 aliphatic heterocycles. The van der Waals surface area contributed by atoms with Gasteiger partial charge in [-0.05, 0) is 26.0 Å². The van der Waals surface area contributed by atoms with Gasteiger partial charge in [0.2, 0.25) is 0 Å². The van der Waals surface area contributed by atoms with Crippen LogP contribution in [0.4, 0.5) is 11.4 Å². The average molecular weight is 259 g/mol. The first kappa shape index (κ1) is 11.0. The van der Waals surface area contributed by atoms with Gasteiger partial charge in [-0.15, -0.1) is 0 Å². The van der Waals surface area contributed by atoms with E-state index in [4.69, 9.17) is 0 Å². The number of nitrogens with one attached hydrogen (secondary N) is 1. The molecule has 0 unspecified atom stereocenters. The van der Waals surface area contributed by atoms with E-state index in [2.05, 4.69) is 21.2 Å². The topological polar surface area (TPSA) is 55.2 Å². The van der Waals surface area contributed by atoms with Gasteiger partial charge in [0.1, 0.15) is 5.69 Å². The first-order chi connectivity index (χ1) is 6.56. The highest BCUT2D eigenvalue weighted by Crippen LogP contribution is 2.31. The largest absolute Gasteiger partial charge is 0.380 e. The van der Waals surface area contributed by atoms with E-state index >= 15 is 0 Å². The van der Waals surface area contributed by atoms with Crippen molar-refractivity contribution in [1.29, 1.82) is 0 Å². The maximum atomic E-state index is 10.8. The van der Waals surface area contributed by atoms with Gasteiger partial charge >= 0.3 is 0 Å². The van der Waals surface area contributed by atoms with E-state index < -0.39 is 0 Å². The molecule has 4 nitrogen and oxygen atoms in total. The van der Waals surface area contributed by atoms with Crippen LogP contribution >= 0.6 is 15.9 Å². The van der Waals surface area contributed by atoms with Crippen molar-refractivity contribution in [3.63, 3.8) is 0 Å². The number of nitro groups is 1. The molecular formula is C9H11BrN2O2. The van der Waals surface area contributed by atoms with Crippen molar-refractivity contribution in [3.05, 3.63) is 32.3 Å². The van der Waals surface area contributed by atoms with Crippen LogP contribution in [0.15, 0.2) is 16.6 Å². The van der Waals surface area contributed by atoms with Crippen LogP contribution in [0, 0.1) is 17.0 Å². The SMILES string of the molecule is CCNc1cc(Br)cc(C)c1[N+](=O)[O-]. The number of hydrogen-bond acceptors (Lipinski definition) is 3. The third kappa shape index (κ3) is 2.23. The van der Waals surface area contributed by atoms with E-state index in [1.165, 1.54) is 0 Å². The Labute approximate surface area is 90.6 Å². The molecule has 0 aliphatic carbocycles. The summed E-state index contributed by atoms with van der Waals surface area (Å²) in [4.78, 5) is 10.4. The fourth-order valence-corrected chi connectivity index (χ4v) is 1.88. The first-order valence-corrected chi connectivity index (χ1v) is 5.04. The summed E-state index contributed by atoms with van der Waals surface area (Å²) in [5, 5.41) is 13.7. The molecular weight excluding hydrogens is 248 g/mol. The number of nitro benzene ring substituents is 1. The predicted octanol–water partition coefficient (Wildman–Crippen LogP) is 3.10. The molecule has 76 valence electrons. The Balaban J connectivity index is 3.28. The van der Waals surface area contributed by atoms with Gasteiger partial charge in [0, 0.05) is 16.6 Å². The third-order valence-corrected chi connectivity index (χ3v) is 2.27. The summed E-state index contributed by atoms with van der Waals surface area (Å²) in [6.07, 6.45) is 0. The number of aryl methyl sites for hydroxylation is 1. The summed E-state index contributed by atoms with van der Waals surface area (Å²) < 4.78 is 0.844. The molecule has 0 fully saturated rings. The molecule has 0 heterocycles. The Morgan fingerprint density at radius 3 is 2.71 bits per heavy atom. The maximum absolute atomic E-state index is 10.8. The molecule has 1 aromatic carbocycles. The zero-order valence-electron chi connectivity index (χ0n) is 8.00. The van der Waals surface area contributed by atoms with Crippen molar-refractivity contribution in [2.75, 3.05) is 11.9 Å². The summed E-state index contributed by atoms with van der Waals surface area (Å²) in [6.45, 7) is 4.29. The first-order valence-electron chi connectivity index (χ1n) is 4.24. The minimum absolute atomic E-state index is 0.148. The molecule has 0 atom stereocenters. The van der Waals surface area contributed by atoms with Crippen LogP contribution in [0.3, 0.4) is 0 Å². The third-order valence-electron chi connectivity index (χ3n) is 1.82. The number of anilines is 1. The van der Waals surface area contributed by atoms with Gasteiger partial charge in [0.05, 0.1) is 4.92 Å². The minimum Gasteiger partial charge on any atom is -0.380 e. The minimum atomic E-state index is -0.361. The summed E-state index contributed by atoms with van der Waals surface area (Å²) in [7, 11) is 0. The normalized spacial score (nSPS) is 9.93. The number of rotatable bonds is 3. The number of halogens is 1. The highest BCUT2D eigenvalue weighted by atomic mass is 79.9. The van der Waals surface area contributed by atoms with E-state index in [0.717, 1.165) is 4.47 Å². The van der Waals surface area contributed by atoms with Crippen molar-refractivity contribution in [1.82, 2.24) is 0 Å². The van der Waals surface area contributed by atoms with Gasteiger partial charge in [0.25, 0.3) is 5.69 Å². The van der Waals surface area contributed by atoms with Gasteiger partial charge in [0.15, 0.2) is 0 Å². The van der Waals surface area contributed by atoms with Crippen LogP contribution in [0.1, 0.15) is 12.5 Å². The van der Waals surface area contributed by atoms with E-state index in [1.807, 2.05) is 6.92 Å². The smallest absolute Gasteiger partial charge is 0.295 e.